The van der Waals surface area contributed by atoms with Gasteiger partial charge in [0.1, 0.15) is 22.9 Å². The van der Waals surface area contributed by atoms with Gasteiger partial charge >= 0.3 is 5.97 Å². The van der Waals surface area contributed by atoms with Crippen LogP contribution in [0.15, 0.2) is 76.1 Å². The quantitative estimate of drug-likeness (QED) is 0.412. The molecule has 2 N–H and O–H groups in total. The first-order valence-corrected chi connectivity index (χ1v) is 11.3. The van der Waals surface area contributed by atoms with E-state index in [9.17, 15) is 14.3 Å². The highest BCUT2D eigenvalue weighted by Gasteiger charge is 2.54. The number of amidine groups is 1. The number of methoxy groups -OCH3 is 1. The lowest BCUT2D eigenvalue weighted by Crippen LogP contribution is -2.58. The molecule has 7 nitrogen and oxygen atoms in total. The van der Waals surface area contributed by atoms with E-state index in [0.717, 1.165) is 29.8 Å². The minimum atomic E-state index is -1.83. The predicted molar refractivity (Wildman–Crippen MR) is 131 cm³/mol. The van der Waals surface area contributed by atoms with E-state index in [2.05, 4.69) is 5.32 Å². The van der Waals surface area contributed by atoms with Gasteiger partial charge in [0.15, 0.2) is 5.84 Å². The van der Waals surface area contributed by atoms with Gasteiger partial charge in [0.2, 0.25) is 0 Å². The van der Waals surface area contributed by atoms with E-state index in [1.165, 1.54) is 18.2 Å². The Morgan fingerprint density at radius 3 is 2.86 bits per heavy atom. The molecule has 3 heterocycles. The van der Waals surface area contributed by atoms with Crippen molar-refractivity contribution in [2.45, 2.75) is 18.4 Å². The van der Waals surface area contributed by atoms with Crippen LogP contribution in [0.1, 0.15) is 17.7 Å². The van der Waals surface area contributed by atoms with Crippen LogP contribution >= 0.6 is 0 Å². The topological polar surface area (TPSA) is 87.3 Å². The lowest BCUT2D eigenvalue weighted by atomic mass is 9.88. The van der Waals surface area contributed by atoms with Crippen molar-refractivity contribution in [1.82, 2.24) is 0 Å². The van der Waals surface area contributed by atoms with Crippen molar-refractivity contribution in [1.29, 1.82) is 0 Å². The maximum Gasteiger partial charge on any atom is 0.345 e. The molecule has 176 valence electrons. The number of aliphatic imine (C=N–C) groups is 1. The summed E-state index contributed by atoms with van der Waals surface area (Å²) in [6.07, 6.45) is 1.65. The summed E-state index contributed by atoms with van der Waals surface area (Å²) in [5.41, 5.74) is 1.66. The number of nitrogens with zero attached hydrogens (tertiary/aromatic N) is 2. The number of furan rings is 1. The molecule has 6 rings (SSSR count). The number of ether oxygens (including phenoxy) is 1. The van der Waals surface area contributed by atoms with Gasteiger partial charge < -0.3 is 24.5 Å². The number of carbonyl (C=O) groups is 1. The number of para-hydroxylation sites is 2. The van der Waals surface area contributed by atoms with Crippen LogP contribution in [0.5, 0.6) is 5.75 Å². The largest absolute Gasteiger partial charge is 0.497 e. The van der Waals surface area contributed by atoms with Gasteiger partial charge in [-0.05, 0) is 73.0 Å². The molecule has 0 saturated carbocycles. The van der Waals surface area contributed by atoms with Crippen LogP contribution in [0.25, 0.3) is 11.0 Å². The number of benzene rings is 3. The maximum atomic E-state index is 13.9. The van der Waals surface area contributed by atoms with Gasteiger partial charge in [-0.1, -0.05) is 12.1 Å². The molecule has 0 radical (unpaired) electrons. The zero-order valence-electron chi connectivity index (χ0n) is 18.9. The Kier molecular flexibility index (Phi) is 4.77. The van der Waals surface area contributed by atoms with E-state index < -0.39 is 17.3 Å². The number of carboxylic acids is 1. The Balaban J connectivity index is 1.60. The Bertz CT molecular complexity index is 1510. The highest BCUT2D eigenvalue weighted by atomic mass is 19.1. The van der Waals surface area contributed by atoms with Crippen molar-refractivity contribution in [3.05, 3.63) is 83.9 Å². The molecule has 2 aliphatic rings. The second-order valence-corrected chi connectivity index (χ2v) is 8.68. The summed E-state index contributed by atoms with van der Waals surface area (Å²) in [5, 5.41) is 14.4. The van der Waals surface area contributed by atoms with Crippen LogP contribution < -0.4 is 15.0 Å². The minimum Gasteiger partial charge on any atom is -0.497 e. The molecule has 2 aliphatic heterocycles. The maximum absolute atomic E-state index is 13.9. The van der Waals surface area contributed by atoms with Gasteiger partial charge in [-0.2, -0.15) is 0 Å². The lowest BCUT2D eigenvalue weighted by molar-refractivity contribution is -0.140. The average molecular weight is 471 g/mol. The van der Waals surface area contributed by atoms with Gasteiger partial charge in [0.25, 0.3) is 5.54 Å². The van der Waals surface area contributed by atoms with Crippen molar-refractivity contribution in [2.24, 2.45) is 4.99 Å². The molecule has 1 atom stereocenters. The van der Waals surface area contributed by atoms with Crippen LogP contribution in [-0.4, -0.2) is 30.6 Å². The smallest absolute Gasteiger partial charge is 0.345 e. The molecule has 8 heteroatoms. The summed E-state index contributed by atoms with van der Waals surface area (Å²) in [6.45, 7) is 0.575. The Morgan fingerprint density at radius 2 is 2.03 bits per heavy atom. The van der Waals surface area contributed by atoms with Crippen LogP contribution in [0.4, 0.5) is 21.5 Å². The van der Waals surface area contributed by atoms with Crippen molar-refractivity contribution in [3.63, 3.8) is 0 Å². The highest BCUT2D eigenvalue weighted by molar-refractivity contribution is 6.21. The number of hydrogen-bond acceptors (Lipinski definition) is 6. The molecular weight excluding hydrogens is 449 g/mol. The van der Waals surface area contributed by atoms with E-state index >= 15 is 0 Å². The second kappa shape index (κ2) is 7.87. The molecule has 0 aliphatic carbocycles. The van der Waals surface area contributed by atoms with Crippen LogP contribution in [-0.2, 0) is 16.8 Å². The first-order chi connectivity index (χ1) is 17.0. The summed E-state index contributed by atoms with van der Waals surface area (Å²) < 4.78 is 25.4. The van der Waals surface area contributed by atoms with Crippen molar-refractivity contribution in [3.8, 4) is 5.75 Å². The fourth-order valence-corrected chi connectivity index (χ4v) is 4.94. The molecule has 0 amide bonds. The molecule has 0 saturated heterocycles. The third kappa shape index (κ3) is 3.24. The summed E-state index contributed by atoms with van der Waals surface area (Å²) >= 11 is 0. The fraction of sp³-hybridized carbons (Fsp3) is 0.185. The molecule has 1 aromatic heterocycles. The third-order valence-corrected chi connectivity index (χ3v) is 6.62. The highest BCUT2D eigenvalue weighted by Crippen LogP contribution is 2.44. The predicted octanol–water partition coefficient (Wildman–Crippen LogP) is 5.47. The zero-order chi connectivity index (χ0) is 24.2. The molecule has 0 spiro atoms. The van der Waals surface area contributed by atoms with Gasteiger partial charge in [-0.15, -0.1) is 0 Å². The van der Waals surface area contributed by atoms with Crippen LogP contribution in [0.3, 0.4) is 0 Å². The first kappa shape index (κ1) is 21.2. The first-order valence-electron chi connectivity index (χ1n) is 11.3. The van der Waals surface area contributed by atoms with Crippen molar-refractivity contribution < 1.29 is 23.4 Å². The van der Waals surface area contributed by atoms with Crippen LogP contribution in [0, 0.1) is 5.82 Å². The number of nitrogens with one attached hydrogen (secondary N) is 1. The Hall–Kier alpha value is -4.33. The van der Waals surface area contributed by atoms with E-state index in [1.807, 2.05) is 41.3 Å². The second-order valence-electron chi connectivity index (χ2n) is 8.68. The molecule has 0 bridgehead atoms. The molecule has 1 unspecified atom stereocenters. The molecule has 3 aromatic carbocycles. The van der Waals surface area contributed by atoms with Gasteiger partial charge in [0.05, 0.1) is 18.5 Å². The lowest BCUT2D eigenvalue weighted by Gasteiger charge is -2.42. The number of halogens is 1. The molecule has 35 heavy (non-hydrogen) atoms. The average Bonchev–Trinajstić information content (AvgIpc) is 3.30. The third-order valence-electron chi connectivity index (χ3n) is 6.62. The number of aliphatic carboxylic acids is 1. The monoisotopic (exact) mass is 471 g/mol. The van der Waals surface area contributed by atoms with Gasteiger partial charge in [-0.25, -0.2) is 14.2 Å². The normalized spacial score (nSPS) is 18.9. The standard InChI is InChI=1S/C27H22FN3O4/c1-34-19-9-10-22-16(14-19)5-4-12-31(22)25-27(26(32)33,30-21-7-3-2-6-20(21)29-25)24-15-17-13-18(28)8-11-23(17)35-24/h2-3,6-11,13-15,30H,4-5,12H2,1H3,(H,32,33). The minimum absolute atomic E-state index is 0.125. The summed E-state index contributed by atoms with van der Waals surface area (Å²) in [5.74, 6) is -0.452. The zero-order valence-corrected chi connectivity index (χ0v) is 18.9. The molecular formula is C27H22FN3O4. The van der Waals surface area contributed by atoms with Crippen LogP contribution in [0.2, 0.25) is 0 Å². The van der Waals surface area contributed by atoms with E-state index in [4.69, 9.17) is 14.1 Å². The summed E-state index contributed by atoms with van der Waals surface area (Å²) in [7, 11) is 1.62. The van der Waals surface area contributed by atoms with E-state index in [1.54, 1.807) is 19.2 Å². The number of aryl methyl sites for hydroxylation is 1. The van der Waals surface area contributed by atoms with Gasteiger partial charge in [-0.3, -0.25) is 0 Å². The molecule has 4 aromatic rings. The Labute approximate surface area is 200 Å². The summed E-state index contributed by atoms with van der Waals surface area (Å²) in [4.78, 5) is 20.0. The summed E-state index contributed by atoms with van der Waals surface area (Å²) in [6, 6.07) is 18.7. The van der Waals surface area contributed by atoms with E-state index in [-0.39, 0.29) is 11.6 Å². The number of anilines is 2. The van der Waals surface area contributed by atoms with Crippen molar-refractivity contribution in [2.75, 3.05) is 23.9 Å². The number of fused-ring (bicyclic) bond motifs is 3. The van der Waals surface area contributed by atoms with Gasteiger partial charge in [0, 0.05) is 17.6 Å². The number of rotatable bonds is 3. The number of carboxylic acid groups (broad SMARTS) is 1. The SMILES string of the molecule is COc1ccc2c(c1)CCCN2C1=Nc2ccccc2NC1(C(=O)O)c1cc2cc(F)ccc2o1. The molecule has 0 fully saturated rings. The Morgan fingerprint density at radius 1 is 1.17 bits per heavy atom. The fourth-order valence-electron chi connectivity index (χ4n) is 4.94. The van der Waals surface area contributed by atoms with E-state index in [0.29, 0.717) is 28.9 Å². The number of hydrogen-bond donors (Lipinski definition) is 2. The van der Waals surface area contributed by atoms with Crippen molar-refractivity contribution >= 4 is 39.8 Å².